The Balaban J connectivity index is 2.20. The maximum Gasteiger partial charge on any atom is 0.419 e. The van der Waals surface area contributed by atoms with Crippen LogP contribution in [0.1, 0.15) is 12.0 Å². The standard InChI is InChI=1S/C12H13NO5/c1-13-8-4-2-7(3-5-9(14)11(15)16)6-10(8)18-12(13)17/h2,4,6,9,14H,3,5H2,1H3,(H,15,16). The molecule has 0 aliphatic carbocycles. The average Bonchev–Trinajstić information content (AvgIpc) is 2.61. The highest BCUT2D eigenvalue weighted by Gasteiger charge is 2.13. The van der Waals surface area contributed by atoms with Crippen molar-refractivity contribution in [1.29, 1.82) is 0 Å². The number of fused-ring (bicyclic) bond motifs is 1. The third-order valence-electron chi connectivity index (χ3n) is 2.85. The van der Waals surface area contributed by atoms with Gasteiger partial charge in [-0.15, -0.1) is 0 Å². The number of hydrogen-bond acceptors (Lipinski definition) is 4. The van der Waals surface area contributed by atoms with Crippen LogP contribution in [0.5, 0.6) is 0 Å². The summed E-state index contributed by atoms with van der Waals surface area (Å²) in [5.74, 6) is -1.67. The molecule has 0 aliphatic heterocycles. The van der Waals surface area contributed by atoms with E-state index >= 15 is 0 Å². The molecule has 1 aromatic heterocycles. The molecule has 1 unspecified atom stereocenters. The number of oxazole rings is 1. The van der Waals surface area contributed by atoms with E-state index in [-0.39, 0.29) is 6.42 Å². The van der Waals surface area contributed by atoms with Gasteiger partial charge in [-0.3, -0.25) is 4.57 Å². The minimum absolute atomic E-state index is 0.123. The van der Waals surface area contributed by atoms with E-state index in [9.17, 15) is 14.7 Å². The van der Waals surface area contributed by atoms with Gasteiger partial charge in [0.1, 0.15) is 0 Å². The predicted molar refractivity (Wildman–Crippen MR) is 63.4 cm³/mol. The van der Waals surface area contributed by atoms with Crippen molar-refractivity contribution in [3.63, 3.8) is 0 Å². The van der Waals surface area contributed by atoms with Crippen LogP contribution in [-0.2, 0) is 18.3 Å². The van der Waals surface area contributed by atoms with Crippen molar-refractivity contribution in [2.24, 2.45) is 7.05 Å². The fourth-order valence-electron chi connectivity index (χ4n) is 1.76. The van der Waals surface area contributed by atoms with Crippen molar-refractivity contribution in [2.75, 3.05) is 0 Å². The predicted octanol–water partition coefficient (Wildman–Crippen LogP) is 0.510. The maximum atomic E-state index is 11.3. The molecule has 2 aromatic rings. The molecule has 0 aliphatic rings. The minimum atomic E-state index is -1.37. The van der Waals surface area contributed by atoms with E-state index in [2.05, 4.69) is 0 Å². The molecule has 0 bridgehead atoms. The Morgan fingerprint density at radius 2 is 2.22 bits per heavy atom. The van der Waals surface area contributed by atoms with E-state index in [1.54, 1.807) is 25.2 Å². The molecule has 0 fully saturated rings. The van der Waals surface area contributed by atoms with Gasteiger partial charge in [-0.2, -0.15) is 0 Å². The number of nitrogens with zero attached hydrogens (tertiary/aromatic N) is 1. The first-order chi connectivity index (χ1) is 8.49. The number of carbonyl (C=O) groups is 1. The number of carboxylic acids is 1. The van der Waals surface area contributed by atoms with Gasteiger partial charge in [0.2, 0.25) is 0 Å². The van der Waals surface area contributed by atoms with E-state index in [1.807, 2.05) is 0 Å². The lowest BCUT2D eigenvalue weighted by molar-refractivity contribution is -0.146. The van der Waals surface area contributed by atoms with Gasteiger partial charge in [-0.1, -0.05) is 6.07 Å². The summed E-state index contributed by atoms with van der Waals surface area (Å²) in [5.41, 5.74) is 1.96. The molecule has 6 heteroatoms. The van der Waals surface area contributed by atoms with Gasteiger partial charge in [-0.05, 0) is 30.5 Å². The minimum Gasteiger partial charge on any atom is -0.479 e. The summed E-state index contributed by atoms with van der Waals surface area (Å²) < 4.78 is 6.42. The normalized spacial score (nSPS) is 12.8. The van der Waals surface area contributed by atoms with Gasteiger partial charge in [-0.25, -0.2) is 9.59 Å². The molecule has 0 saturated heterocycles. The third kappa shape index (κ3) is 2.28. The highest BCUT2D eigenvalue weighted by atomic mass is 16.4. The maximum absolute atomic E-state index is 11.3. The number of aromatic nitrogens is 1. The van der Waals surface area contributed by atoms with Crippen molar-refractivity contribution in [2.45, 2.75) is 18.9 Å². The Labute approximate surface area is 102 Å². The number of hydrogen-bond donors (Lipinski definition) is 2. The molecule has 0 spiro atoms. The molecule has 1 atom stereocenters. The summed E-state index contributed by atoms with van der Waals surface area (Å²) in [7, 11) is 1.61. The Morgan fingerprint density at radius 1 is 1.50 bits per heavy atom. The van der Waals surface area contributed by atoms with Gasteiger partial charge in [0, 0.05) is 7.05 Å². The van der Waals surface area contributed by atoms with E-state index in [0.717, 1.165) is 5.56 Å². The summed E-state index contributed by atoms with van der Waals surface area (Å²) >= 11 is 0. The van der Waals surface area contributed by atoms with Crippen molar-refractivity contribution in [3.8, 4) is 0 Å². The molecule has 2 N–H and O–H groups in total. The molecule has 96 valence electrons. The van der Waals surface area contributed by atoms with Crippen LogP contribution in [0.2, 0.25) is 0 Å². The van der Waals surface area contributed by atoms with Gasteiger partial charge >= 0.3 is 11.7 Å². The highest BCUT2D eigenvalue weighted by molar-refractivity contribution is 5.74. The van der Waals surface area contributed by atoms with Crippen LogP contribution in [0.4, 0.5) is 0 Å². The van der Waals surface area contributed by atoms with Crippen LogP contribution in [0.3, 0.4) is 0 Å². The number of aliphatic carboxylic acids is 1. The second-order valence-corrected chi connectivity index (χ2v) is 4.12. The Hall–Kier alpha value is -2.08. The first-order valence-corrected chi connectivity index (χ1v) is 5.48. The topological polar surface area (TPSA) is 92.7 Å². The molecule has 0 amide bonds. The van der Waals surface area contributed by atoms with Gasteiger partial charge < -0.3 is 14.6 Å². The molecule has 0 saturated carbocycles. The van der Waals surface area contributed by atoms with E-state index < -0.39 is 17.8 Å². The van der Waals surface area contributed by atoms with Crippen molar-refractivity contribution in [1.82, 2.24) is 4.57 Å². The molecule has 2 rings (SSSR count). The van der Waals surface area contributed by atoms with Gasteiger partial charge in [0.05, 0.1) is 5.52 Å². The molecule has 6 nitrogen and oxygen atoms in total. The summed E-state index contributed by atoms with van der Waals surface area (Å²) in [5, 5.41) is 17.7. The third-order valence-corrected chi connectivity index (χ3v) is 2.85. The van der Waals surface area contributed by atoms with Crippen molar-refractivity contribution < 1.29 is 19.4 Å². The van der Waals surface area contributed by atoms with E-state index in [0.29, 0.717) is 17.5 Å². The molecule has 1 heterocycles. The first-order valence-electron chi connectivity index (χ1n) is 5.48. The summed E-state index contributed by atoms with van der Waals surface area (Å²) in [6.45, 7) is 0. The number of aryl methyl sites for hydroxylation is 2. The smallest absolute Gasteiger partial charge is 0.419 e. The average molecular weight is 251 g/mol. The van der Waals surface area contributed by atoms with Crippen molar-refractivity contribution >= 4 is 17.1 Å². The fraction of sp³-hybridized carbons (Fsp3) is 0.333. The van der Waals surface area contributed by atoms with Crippen molar-refractivity contribution in [3.05, 3.63) is 34.3 Å². The zero-order valence-corrected chi connectivity index (χ0v) is 9.79. The zero-order chi connectivity index (χ0) is 13.3. The zero-order valence-electron chi connectivity index (χ0n) is 9.79. The monoisotopic (exact) mass is 251 g/mol. The Kier molecular flexibility index (Phi) is 3.20. The summed E-state index contributed by atoms with van der Waals surface area (Å²) in [4.78, 5) is 21.8. The number of benzene rings is 1. The lowest BCUT2D eigenvalue weighted by Crippen LogP contribution is -2.19. The Morgan fingerprint density at radius 3 is 2.89 bits per heavy atom. The first kappa shape index (κ1) is 12.4. The number of carboxylic acid groups (broad SMARTS) is 1. The highest BCUT2D eigenvalue weighted by Crippen LogP contribution is 2.15. The quantitative estimate of drug-likeness (QED) is 0.825. The molecular weight excluding hydrogens is 238 g/mol. The number of aliphatic hydroxyl groups is 1. The van der Waals surface area contributed by atoms with Crippen LogP contribution in [0, 0.1) is 0 Å². The number of aliphatic hydroxyl groups excluding tert-OH is 1. The largest absolute Gasteiger partial charge is 0.479 e. The molecule has 18 heavy (non-hydrogen) atoms. The second kappa shape index (κ2) is 4.66. The molecule has 0 radical (unpaired) electrons. The lowest BCUT2D eigenvalue weighted by Gasteiger charge is -2.05. The Bertz CT molecular complexity index is 639. The van der Waals surface area contributed by atoms with Gasteiger partial charge in [0.15, 0.2) is 11.7 Å². The lowest BCUT2D eigenvalue weighted by atomic mass is 10.1. The second-order valence-electron chi connectivity index (χ2n) is 4.12. The van der Waals surface area contributed by atoms with Crippen LogP contribution in [0.15, 0.2) is 27.4 Å². The number of rotatable bonds is 4. The van der Waals surface area contributed by atoms with E-state index in [1.165, 1.54) is 4.57 Å². The molecular formula is C12H13NO5. The van der Waals surface area contributed by atoms with Crippen LogP contribution in [-0.4, -0.2) is 26.9 Å². The van der Waals surface area contributed by atoms with Crippen LogP contribution >= 0.6 is 0 Å². The molecule has 1 aromatic carbocycles. The SMILES string of the molecule is Cn1c(=O)oc2cc(CCC(O)C(=O)O)ccc21. The van der Waals surface area contributed by atoms with Crippen LogP contribution < -0.4 is 5.76 Å². The van der Waals surface area contributed by atoms with Crippen LogP contribution in [0.25, 0.3) is 11.1 Å². The summed E-state index contributed by atoms with van der Waals surface area (Å²) in [6.07, 6.45) is -0.844. The summed E-state index contributed by atoms with van der Waals surface area (Å²) in [6, 6.07) is 5.21. The van der Waals surface area contributed by atoms with E-state index in [4.69, 9.17) is 9.52 Å². The van der Waals surface area contributed by atoms with Gasteiger partial charge in [0.25, 0.3) is 0 Å². The fourth-order valence-corrected chi connectivity index (χ4v) is 1.76.